The second kappa shape index (κ2) is 19.7. The molecule has 340 valence electrons. The summed E-state index contributed by atoms with van der Waals surface area (Å²) in [5, 5.41) is 46.8. The number of aldehydes is 1. The largest absolute Gasteiger partial charge is 0.492 e. The maximum Gasteiger partial charge on any atom is 0.375 e. The van der Waals surface area contributed by atoms with E-state index in [1.807, 2.05) is 6.08 Å². The van der Waals surface area contributed by atoms with Gasteiger partial charge in [0, 0.05) is 69.3 Å². The van der Waals surface area contributed by atoms with Crippen molar-refractivity contribution >= 4 is 29.7 Å². The van der Waals surface area contributed by atoms with E-state index in [1.165, 1.54) is 0 Å². The van der Waals surface area contributed by atoms with Crippen LogP contribution in [0.4, 0.5) is 0 Å². The summed E-state index contributed by atoms with van der Waals surface area (Å²) < 4.78 is 31.0. The molecule has 2 bridgehead atoms. The Morgan fingerprint density at radius 1 is 1.03 bits per heavy atom. The third-order valence-corrected chi connectivity index (χ3v) is 14.2. The van der Waals surface area contributed by atoms with Gasteiger partial charge in [0.1, 0.15) is 34.7 Å². The van der Waals surface area contributed by atoms with Crippen molar-refractivity contribution in [2.75, 3.05) is 66.3 Å². The highest BCUT2D eigenvalue weighted by atomic mass is 16.6. The standard InChI is InChI=1S/C49H62N2O12/c1-3-60-48(57)47-37(26-54)42-32-9-10-40(56)35(22-32)34-21-31-11-15-50-39(31)23-30(34)8-7-29(25-53)28-61-45-36-24-41(62-44(36)38(27-55)46(63-47)43(42)45)49(58,14-4-5-19-52)33-12-17-51(18-13-33)16-6-20-59-2/h11,21,23,26,29,33,35,41,52-53,55,58H,3-10,12-20,22,24-25,27-28H2,1-2H3. The zero-order chi connectivity index (χ0) is 44.3. The molecule has 1 aliphatic carbocycles. The predicted octanol–water partition coefficient (Wildman–Crippen LogP) is 3.17. The zero-order valence-corrected chi connectivity index (χ0v) is 36.6. The summed E-state index contributed by atoms with van der Waals surface area (Å²) in [6.07, 6.45) is 7.73. The maximum atomic E-state index is 14.1. The minimum atomic E-state index is -1.33. The number of ether oxygens (including phenoxy) is 5. The second-order valence-electron chi connectivity index (χ2n) is 17.9. The first-order valence-electron chi connectivity index (χ1n) is 22.9. The number of esters is 1. The van der Waals surface area contributed by atoms with Crippen LogP contribution in [0.15, 0.2) is 34.0 Å². The number of nitrogens with zero attached hydrogens (tertiary/aromatic N) is 2. The highest BCUT2D eigenvalue weighted by molar-refractivity contribution is 6.11. The maximum absolute atomic E-state index is 14.1. The minimum Gasteiger partial charge on any atom is -0.492 e. The molecule has 5 heterocycles. The van der Waals surface area contributed by atoms with Gasteiger partial charge in [-0.2, -0.15) is 0 Å². The van der Waals surface area contributed by atoms with Gasteiger partial charge in [-0.1, -0.05) is 11.6 Å². The fourth-order valence-electron chi connectivity index (χ4n) is 10.8. The number of aryl methyl sites for hydroxylation is 1. The average molecular weight is 871 g/mol. The van der Waals surface area contributed by atoms with Crippen molar-refractivity contribution in [3.05, 3.63) is 67.4 Å². The number of rotatable bonds is 15. The average Bonchev–Trinajstić information content (AvgIpc) is 3.96. The van der Waals surface area contributed by atoms with Crippen LogP contribution in [-0.2, 0) is 43.3 Å². The molecular formula is C49H62N2O12. The summed E-state index contributed by atoms with van der Waals surface area (Å²) in [5.41, 5.74) is 2.82. The molecule has 14 nitrogen and oxygen atoms in total. The summed E-state index contributed by atoms with van der Waals surface area (Å²) in [5.74, 6) is -1.49. The monoisotopic (exact) mass is 870 g/mol. The molecule has 1 saturated carbocycles. The number of carbonyl (C=O) groups is 3. The third-order valence-electron chi connectivity index (χ3n) is 14.2. The van der Waals surface area contributed by atoms with E-state index >= 15 is 0 Å². The smallest absolute Gasteiger partial charge is 0.375 e. The van der Waals surface area contributed by atoms with Crippen molar-refractivity contribution in [1.82, 2.24) is 4.90 Å². The minimum absolute atomic E-state index is 0.0112. The Bertz CT molecular complexity index is 2280. The van der Waals surface area contributed by atoms with Gasteiger partial charge in [0.15, 0.2) is 6.29 Å². The number of Topliss-reactive ketones (excluding diaryl/α,β-unsaturated/α-hetero) is 1. The number of fused-ring (bicyclic) bond motifs is 7. The van der Waals surface area contributed by atoms with Crippen LogP contribution in [0.25, 0.3) is 11.6 Å². The highest BCUT2D eigenvalue weighted by Crippen LogP contribution is 2.57. The lowest BCUT2D eigenvalue weighted by Gasteiger charge is -2.44. The molecule has 2 aromatic rings. The van der Waals surface area contributed by atoms with Crippen LogP contribution in [0.1, 0.15) is 105 Å². The molecule has 0 aromatic heterocycles. The van der Waals surface area contributed by atoms with Crippen LogP contribution in [0, 0.1) is 11.8 Å². The van der Waals surface area contributed by atoms with Crippen LogP contribution in [-0.4, -0.2) is 121 Å². The van der Waals surface area contributed by atoms with E-state index < -0.39 is 30.2 Å². The SMILES string of the molecule is CCOC(=O)C1=C(C=O)C2=C3CCC(=O)C(C3)c3cc4c(cc3CCC(CO)COc3c5c(c(CO)c(c32)O1)OC(C(O)(CCCCO)C1CCN(CCCOC)CC1)C5)=NCC=4. The molecule has 2 fully saturated rings. The molecule has 14 heteroatoms. The van der Waals surface area contributed by atoms with Crippen molar-refractivity contribution < 1.29 is 58.5 Å². The Kier molecular flexibility index (Phi) is 14.2. The van der Waals surface area contributed by atoms with Gasteiger partial charge in [-0.05, 0) is 119 Å². The molecule has 0 amide bonds. The summed E-state index contributed by atoms with van der Waals surface area (Å²) >= 11 is 0. The molecule has 4 unspecified atom stereocenters. The lowest BCUT2D eigenvalue weighted by atomic mass is 9.72. The van der Waals surface area contributed by atoms with Crippen molar-refractivity contribution in [3.63, 3.8) is 0 Å². The van der Waals surface area contributed by atoms with Crippen LogP contribution in [0.5, 0.6) is 17.2 Å². The lowest BCUT2D eigenvalue weighted by Crippen LogP contribution is -2.54. The summed E-state index contributed by atoms with van der Waals surface area (Å²) in [6, 6.07) is 4.12. The number of hydrogen-bond acceptors (Lipinski definition) is 14. The van der Waals surface area contributed by atoms with E-state index in [2.05, 4.69) is 22.0 Å². The van der Waals surface area contributed by atoms with Gasteiger partial charge >= 0.3 is 5.97 Å². The van der Waals surface area contributed by atoms with Crippen molar-refractivity contribution in [2.24, 2.45) is 16.8 Å². The number of unbranched alkanes of at least 4 members (excludes halogenated alkanes) is 1. The summed E-state index contributed by atoms with van der Waals surface area (Å²) in [7, 11) is 1.70. The molecular weight excluding hydrogens is 809 g/mol. The normalized spacial score (nSPS) is 23.2. The van der Waals surface area contributed by atoms with E-state index in [0.717, 1.165) is 66.2 Å². The van der Waals surface area contributed by atoms with Gasteiger partial charge in [-0.25, -0.2) is 4.79 Å². The number of ketones is 1. The van der Waals surface area contributed by atoms with Crippen LogP contribution >= 0.6 is 0 Å². The molecule has 0 spiro atoms. The number of carbonyl (C=O) groups excluding carboxylic acids is 3. The molecule has 0 radical (unpaired) electrons. The lowest BCUT2D eigenvalue weighted by molar-refractivity contribution is -0.141. The summed E-state index contributed by atoms with van der Waals surface area (Å²) in [6.45, 7) is 4.69. The molecule has 1 saturated heterocycles. The predicted molar refractivity (Wildman–Crippen MR) is 232 cm³/mol. The number of likely N-dealkylation sites (tertiary alicyclic amines) is 1. The molecule has 4 N–H and O–H groups in total. The third kappa shape index (κ3) is 8.74. The van der Waals surface area contributed by atoms with E-state index in [9.17, 15) is 34.8 Å². The Morgan fingerprint density at radius 3 is 2.59 bits per heavy atom. The Labute approximate surface area is 368 Å². The van der Waals surface area contributed by atoms with Gasteiger partial charge in [0.05, 0.1) is 48.4 Å². The number of aliphatic hydroxyl groups excluding tert-OH is 3. The molecule has 5 aliphatic heterocycles. The first-order chi connectivity index (χ1) is 30.7. The number of benzene rings is 2. The highest BCUT2D eigenvalue weighted by Gasteiger charge is 2.51. The van der Waals surface area contributed by atoms with Crippen molar-refractivity contribution in [1.29, 1.82) is 0 Å². The quantitative estimate of drug-likeness (QED) is 0.116. The second-order valence-corrected chi connectivity index (χ2v) is 17.9. The topological polar surface area (TPSA) is 194 Å². The number of piperidine rings is 1. The summed E-state index contributed by atoms with van der Waals surface area (Å²) in [4.78, 5) is 48.4. The van der Waals surface area contributed by atoms with E-state index in [-0.39, 0.29) is 91.7 Å². The van der Waals surface area contributed by atoms with Crippen LogP contribution in [0.3, 0.4) is 0 Å². The molecule has 6 aliphatic rings. The Morgan fingerprint density at radius 2 is 1.86 bits per heavy atom. The van der Waals surface area contributed by atoms with E-state index in [4.69, 9.17) is 23.7 Å². The van der Waals surface area contributed by atoms with E-state index in [1.54, 1.807) is 14.0 Å². The fraction of sp³-hybridized carbons (Fsp3) is 0.592. The van der Waals surface area contributed by atoms with Gasteiger partial charge < -0.3 is 49.0 Å². The first-order valence-corrected chi connectivity index (χ1v) is 22.9. The Balaban J connectivity index is 1.30. The van der Waals surface area contributed by atoms with Gasteiger partial charge in [-0.3, -0.25) is 14.6 Å². The number of methoxy groups -OCH3 is 1. The fourth-order valence-corrected chi connectivity index (χ4v) is 10.8. The number of hydrogen-bond donors (Lipinski definition) is 4. The molecule has 2 aromatic carbocycles. The van der Waals surface area contributed by atoms with Crippen molar-refractivity contribution in [2.45, 2.75) is 108 Å². The molecule has 8 rings (SSSR count). The Hall–Kier alpha value is -4.44. The first kappa shape index (κ1) is 45.1. The van der Waals surface area contributed by atoms with Gasteiger partial charge in [0.25, 0.3) is 0 Å². The van der Waals surface area contributed by atoms with Gasteiger partial charge in [-0.15, -0.1) is 0 Å². The number of aliphatic hydroxyl groups is 4. The van der Waals surface area contributed by atoms with Crippen molar-refractivity contribution in [3.8, 4) is 17.2 Å². The zero-order valence-electron chi connectivity index (χ0n) is 36.6. The number of allylic oxidation sites excluding steroid dienone is 3. The molecule has 4 atom stereocenters. The van der Waals surface area contributed by atoms with Gasteiger partial charge in [0.2, 0.25) is 5.76 Å². The van der Waals surface area contributed by atoms with Crippen LogP contribution < -0.4 is 24.8 Å². The van der Waals surface area contributed by atoms with Crippen LogP contribution in [0.2, 0.25) is 0 Å². The molecule has 63 heavy (non-hydrogen) atoms. The van der Waals surface area contributed by atoms with E-state index in [0.29, 0.717) is 80.4 Å².